The largest absolute Gasteiger partial charge is 0.437 e. The van der Waals surface area contributed by atoms with Crippen molar-refractivity contribution < 1.29 is 23.4 Å². The number of carbonyl (C=O) groups is 1. The molecule has 2 heterocycles. The van der Waals surface area contributed by atoms with Crippen LogP contribution in [-0.4, -0.2) is 57.1 Å². The van der Waals surface area contributed by atoms with Gasteiger partial charge in [-0.05, 0) is 37.0 Å². The summed E-state index contributed by atoms with van der Waals surface area (Å²) in [6.45, 7) is 0.559. The van der Waals surface area contributed by atoms with E-state index < -0.39 is 23.4 Å². The summed E-state index contributed by atoms with van der Waals surface area (Å²) in [5.41, 5.74) is -0.693. The Balaban J connectivity index is 1.26. The molecule has 1 saturated carbocycles. The molecule has 0 unspecified atom stereocenters. The van der Waals surface area contributed by atoms with E-state index in [4.69, 9.17) is 4.74 Å². The monoisotopic (exact) mass is 552 g/mol. The van der Waals surface area contributed by atoms with Crippen molar-refractivity contribution in [2.75, 3.05) is 25.5 Å². The zero-order valence-corrected chi connectivity index (χ0v) is 22.4. The lowest BCUT2D eigenvalue weighted by atomic mass is 9.73. The Labute approximate surface area is 231 Å². The number of carbonyl (C=O) groups excluding carboxylic acids is 1. The van der Waals surface area contributed by atoms with Gasteiger partial charge in [-0.2, -0.15) is 0 Å². The highest BCUT2D eigenvalue weighted by Gasteiger charge is 2.46. The molecule has 1 saturated heterocycles. The fraction of sp³-hybridized carbons (Fsp3) is 0.433. The van der Waals surface area contributed by atoms with Crippen LogP contribution in [0.2, 0.25) is 0 Å². The third-order valence-electron chi connectivity index (χ3n) is 8.05. The van der Waals surface area contributed by atoms with Crippen molar-refractivity contribution in [2.45, 2.75) is 56.1 Å². The van der Waals surface area contributed by atoms with Gasteiger partial charge in [0.15, 0.2) is 5.69 Å². The van der Waals surface area contributed by atoms with Gasteiger partial charge in [0, 0.05) is 44.8 Å². The smallest absolute Gasteiger partial charge is 0.280 e. The van der Waals surface area contributed by atoms with Gasteiger partial charge >= 0.3 is 0 Å². The van der Waals surface area contributed by atoms with E-state index in [9.17, 15) is 23.5 Å². The summed E-state index contributed by atoms with van der Waals surface area (Å²) in [7, 11) is 1.60. The van der Waals surface area contributed by atoms with Gasteiger partial charge in [-0.25, -0.2) is 13.8 Å². The van der Waals surface area contributed by atoms with Crippen molar-refractivity contribution in [3.8, 4) is 11.6 Å². The number of alkyl halides is 2. The quantitative estimate of drug-likeness (QED) is 0.443. The summed E-state index contributed by atoms with van der Waals surface area (Å²) in [6, 6.07) is 18.1. The van der Waals surface area contributed by atoms with Crippen molar-refractivity contribution in [2.24, 2.45) is 5.92 Å². The molecule has 0 spiro atoms. The van der Waals surface area contributed by atoms with Gasteiger partial charge in [0.2, 0.25) is 17.7 Å². The molecule has 5 rings (SSSR count). The second-order valence-electron chi connectivity index (χ2n) is 10.8. The van der Waals surface area contributed by atoms with Gasteiger partial charge in [0.05, 0.1) is 12.1 Å². The molecule has 1 aromatic heterocycles. The molecule has 1 aliphatic carbocycles. The van der Waals surface area contributed by atoms with E-state index in [-0.39, 0.29) is 74.8 Å². The number of amides is 1. The number of nitrogens with one attached hydrogen (secondary N) is 1. The molecule has 40 heavy (non-hydrogen) atoms. The van der Waals surface area contributed by atoms with Crippen LogP contribution in [0.4, 0.5) is 14.5 Å². The molecule has 1 amide bonds. The van der Waals surface area contributed by atoms with Gasteiger partial charge < -0.3 is 20.1 Å². The third kappa shape index (κ3) is 6.01. The van der Waals surface area contributed by atoms with Crippen LogP contribution in [0, 0.1) is 5.92 Å². The van der Waals surface area contributed by atoms with Gasteiger partial charge in [-0.3, -0.25) is 14.2 Å². The Kier molecular flexibility index (Phi) is 7.89. The first-order valence-corrected chi connectivity index (χ1v) is 13.6. The van der Waals surface area contributed by atoms with Gasteiger partial charge in [0.1, 0.15) is 12.1 Å². The first-order chi connectivity index (χ1) is 19.2. The summed E-state index contributed by atoms with van der Waals surface area (Å²) >= 11 is 0. The lowest BCUT2D eigenvalue weighted by Gasteiger charge is -2.42. The van der Waals surface area contributed by atoms with Crippen molar-refractivity contribution in [1.82, 2.24) is 14.5 Å². The number of nitrogens with zero attached hydrogens (tertiary/aromatic N) is 3. The minimum Gasteiger partial charge on any atom is -0.437 e. The maximum absolute atomic E-state index is 14.3. The zero-order valence-electron chi connectivity index (χ0n) is 22.4. The maximum Gasteiger partial charge on any atom is 0.280 e. The number of piperidine rings is 1. The second-order valence-corrected chi connectivity index (χ2v) is 10.8. The van der Waals surface area contributed by atoms with E-state index in [0.717, 1.165) is 5.56 Å². The van der Waals surface area contributed by atoms with E-state index in [2.05, 4.69) is 10.3 Å². The number of anilines is 1. The summed E-state index contributed by atoms with van der Waals surface area (Å²) in [5, 5.41) is 14.2. The highest BCUT2D eigenvalue weighted by atomic mass is 19.3. The van der Waals surface area contributed by atoms with Gasteiger partial charge in [-0.15, -0.1) is 0 Å². The molecule has 2 fully saturated rings. The first-order valence-electron chi connectivity index (χ1n) is 13.6. The Hall–Kier alpha value is -3.79. The number of benzene rings is 2. The molecule has 2 aromatic carbocycles. The Morgan fingerprint density at radius 2 is 1.73 bits per heavy atom. The predicted molar refractivity (Wildman–Crippen MR) is 147 cm³/mol. The van der Waals surface area contributed by atoms with Gasteiger partial charge in [-0.1, -0.05) is 48.5 Å². The summed E-state index contributed by atoms with van der Waals surface area (Å²) < 4.78 is 35.8. The second kappa shape index (κ2) is 11.4. The molecular weight excluding hydrogens is 518 g/mol. The molecule has 0 radical (unpaired) electrons. The van der Waals surface area contributed by atoms with Crippen LogP contribution in [0.25, 0.3) is 0 Å². The van der Waals surface area contributed by atoms with E-state index in [1.54, 1.807) is 36.2 Å². The molecule has 1 aliphatic heterocycles. The molecule has 8 nitrogen and oxygen atoms in total. The number of para-hydroxylation sites is 1. The third-order valence-corrected chi connectivity index (χ3v) is 8.05. The SMILES string of the molecule is CNc1c(Oc2ccccc2)ncn(CC2(O)CCN(C(=O)[C@@H]3CCC(F)(F)C[C@H]3c3ccccc3)CC2)c1=O. The molecule has 2 atom stereocenters. The van der Waals surface area contributed by atoms with Crippen molar-refractivity contribution in [3.05, 3.63) is 82.9 Å². The molecular formula is C30H34F2N4O4. The van der Waals surface area contributed by atoms with Crippen LogP contribution < -0.4 is 15.6 Å². The number of hydrogen-bond acceptors (Lipinski definition) is 6. The van der Waals surface area contributed by atoms with E-state index in [1.807, 2.05) is 36.4 Å². The number of ether oxygens (including phenoxy) is 1. The van der Waals surface area contributed by atoms with Crippen LogP contribution in [0.1, 0.15) is 43.6 Å². The number of rotatable bonds is 7. The molecule has 3 aromatic rings. The fourth-order valence-corrected chi connectivity index (χ4v) is 5.81. The van der Waals surface area contributed by atoms with Crippen molar-refractivity contribution in [3.63, 3.8) is 0 Å². The van der Waals surface area contributed by atoms with E-state index in [1.165, 1.54) is 10.9 Å². The summed E-state index contributed by atoms with van der Waals surface area (Å²) in [5.74, 6) is -3.36. The molecule has 10 heteroatoms. The average Bonchev–Trinajstić information content (AvgIpc) is 2.95. The number of hydrogen-bond donors (Lipinski definition) is 2. The van der Waals surface area contributed by atoms with Crippen LogP contribution in [0.15, 0.2) is 71.8 Å². The van der Waals surface area contributed by atoms with E-state index in [0.29, 0.717) is 5.75 Å². The Morgan fingerprint density at radius 3 is 2.38 bits per heavy atom. The van der Waals surface area contributed by atoms with Crippen molar-refractivity contribution >= 4 is 11.6 Å². The minimum atomic E-state index is -2.80. The number of aromatic nitrogens is 2. The topological polar surface area (TPSA) is 96.7 Å². The molecule has 2 aliphatic rings. The number of likely N-dealkylation sites (tertiary alicyclic amines) is 1. The van der Waals surface area contributed by atoms with Gasteiger partial charge in [0.25, 0.3) is 5.56 Å². The Bertz CT molecular complexity index is 1380. The van der Waals surface area contributed by atoms with Crippen LogP contribution in [-0.2, 0) is 11.3 Å². The molecule has 2 N–H and O–H groups in total. The zero-order chi connectivity index (χ0) is 28.3. The first kappa shape index (κ1) is 27.8. The maximum atomic E-state index is 14.3. The average molecular weight is 553 g/mol. The van der Waals surface area contributed by atoms with Crippen molar-refractivity contribution in [1.29, 1.82) is 0 Å². The van der Waals surface area contributed by atoms with E-state index >= 15 is 0 Å². The predicted octanol–water partition coefficient (Wildman–Crippen LogP) is 4.65. The lowest BCUT2D eigenvalue weighted by Crippen LogP contribution is -2.52. The molecule has 0 bridgehead atoms. The van der Waals surface area contributed by atoms with Crippen LogP contribution >= 0.6 is 0 Å². The lowest BCUT2D eigenvalue weighted by molar-refractivity contribution is -0.145. The van der Waals surface area contributed by atoms with Crippen LogP contribution in [0.5, 0.6) is 11.6 Å². The number of aliphatic hydroxyl groups is 1. The standard InChI is InChI=1S/C30H34F2N4O4/c1-33-25-26(40-22-10-6-3-7-11-22)34-20-36(28(25)38)19-29(39)14-16-35(17-15-29)27(37)23-12-13-30(31,32)18-24(23)21-8-4-2-5-9-21/h2-11,20,23-24,33,39H,12-19H2,1H3/t23-,24+/m1/s1. The Morgan fingerprint density at radius 1 is 1.07 bits per heavy atom. The highest BCUT2D eigenvalue weighted by molar-refractivity contribution is 5.80. The normalized spacial score (nSPS) is 21.9. The number of halogens is 2. The fourth-order valence-electron chi connectivity index (χ4n) is 5.81. The minimum absolute atomic E-state index is 0.00342. The summed E-state index contributed by atoms with van der Waals surface area (Å²) in [4.78, 5) is 32.7. The van der Waals surface area contributed by atoms with Crippen LogP contribution in [0.3, 0.4) is 0 Å². The molecule has 212 valence electrons. The highest BCUT2D eigenvalue weighted by Crippen LogP contribution is 2.46. The summed E-state index contributed by atoms with van der Waals surface area (Å²) in [6.07, 6.45) is 1.32.